The molecule has 1 aromatic carbocycles. The van der Waals surface area contributed by atoms with E-state index in [9.17, 15) is 0 Å². The minimum absolute atomic E-state index is 0. The molecule has 0 fully saturated rings. The van der Waals surface area contributed by atoms with Crippen molar-refractivity contribution in [2.45, 2.75) is 19.9 Å². The maximum Gasteiger partial charge on any atom is 0.191 e. The number of hydrogen-bond acceptors (Lipinski definition) is 4. The summed E-state index contributed by atoms with van der Waals surface area (Å²) in [6.45, 7) is 7.18. The van der Waals surface area contributed by atoms with Crippen LogP contribution in [0.25, 0.3) is 5.69 Å². The third-order valence-electron chi connectivity index (χ3n) is 4.12. The van der Waals surface area contributed by atoms with Crippen molar-refractivity contribution >= 4 is 29.9 Å². The van der Waals surface area contributed by atoms with E-state index < -0.39 is 0 Å². The van der Waals surface area contributed by atoms with Gasteiger partial charge < -0.3 is 20.3 Å². The molecule has 2 aromatic rings. The van der Waals surface area contributed by atoms with Gasteiger partial charge in [0.25, 0.3) is 0 Å². The summed E-state index contributed by atoms with van der Waals surface area (Å²) in [5.41, 5.74) is 2.19. The van der Waals surface area contributed by atoms with Gasteiger partial charge in [-0.2, -0.15) is 5.10 Å². The van der Waals surface area contributed by atoms with E-state index in [1.54, 1.807) is 13.3 Å². The zero-order valence-electron chi connectivity index (χ0n) is 17.1. The first-order valence-corrected chi connectivity index (χ1v) is 9.51. The minimum atomic E-state index is 0. The lowest BCUT2D eigenvalue weighted by atomic mass is 10.2. The van der Waals surface area contributed by atoms with Crippen LogP contribution in [0.15, 0.2) is 47.7 Å². The summed E-state index contributed by atoms with van der Waals surface area (Å²) < 4.78 is 6.95. The number of rotatable bonds is 11. The molecule has 0 aliphatic carbocycles. The number of likely N-dealkylation sites (N-methyl/N-ethyl adjacent to an activating group) is 1. The van der Waals surface area contributed by atoms with E-state index in [-0.39, 0.29) is 24.0 Å². The number of benzene rings is 1. The molecule has 2 N–H and O–H groups in total. The van der Waals surface area contributed by atoms with Crippen molar-refractivity contribution in [3.63, 3.8) is 0 Å². The van der Waals surface area contributed by atoms with Gasteiger partial charge in [0.15, 0.2) is 5.96 Å². The quantitative estimate of drug-likeness (QED) is 0.215. The number of guanidine groups is 1. The minimum Gasteiger partial charge on any atom is -0.385 e. The Hall–Kier alpha value is -1.65. The Kier molecular flexibility index (Phi) is 12.5. The molecule has 8 heteroatoms. The second kappa shape index (κ2) is 14.4. The van der Waals surface area contributed by atoms with E-state index >= 15 is 0 Å². The van der Waals surface area contributed by atoms with Gasteiger partial charge in [-0.15, -0.1) is 24.0 Å². The number of aliphatic imine (C=N–C) groups is 1. The van der Waals surface area contributed by atoms with Gasteiger partial charge in [0.05, 0.1) is 12.2 Å². The van der Waals surface area contributed by atoms with E-state index in [4.69, 9.17) is 9.73 Å². The average Bonchev–Trinajstić information content (AvgIpc) is 3.21. The van der Waals surface area contributed by atoms with Gasteiger partial charge in [-0.1, -0.05) is 12.1 Å². The van der Waals surface area contributed by atoms with Gasteiger partial charge in [-0.3, -0.25) is 0 Å². The lowest BCUT2D eigenvalue weighted by molar-refractivity contribution is 0.180. The highest BCUT2D eigenvalue weighted by molar-refractivity contribution is 14.0. The predicted molar refractivity (Wildman–Crippen MR) is 126 cm³/mol. The molecule has 0 unspecified atom stereocenters. The first-order chi connectivity index (χ1) is 13.2. The summed E-state index contributed by atoms with van der Waals surface area (Å²) in [6.07, 6.45) is 4.77. The summed E-state index contributed by atoms with van der Waals surface area (Å²) in [7, 11) is 3.87. The fourth-order valence-corrected chi connectivity index (χ4v) is 2.69. The average molecular weight is 500 g/mol. The van der Waals surface area contributed by atoms with Gasteiger partial charge in [0.2, 0.25) is 0 Å². The number of nitrogens with one attached hydrogen (secondary N) is 2. The summed E-state index contributed by atoms with van der Waals surface area (Å²) in [5.74, 6) is 0.840. The molecule has 1 heterocycles. The SMILES string of the molecule is CCNC(=NCc1cccc(-n2cccn2)c1)NCCN(C)CCCOC.I. The van der Waals surface area contributed by atoms with Crippen molar-refractivity contribution in [1.29, 1.82) is 0 Å². The zero-order valence-corrected chi connectivity index (χ0v) is 19.4. The Bertz CT molecular complexity index is 677. The van der Waals surface area contributed by atoms with Crippen LogP contribution in [-0.2, 0) is 11.3 Å². The molecular formula is C20H33IN6O. The van der Waals surface area contributed by atoms with Crippen molar-refractivity contribution in [3.8, 4) is 5.69 Å². The standard InChI is InChI=1S/C20H32N6O.HI/c1-4-21-20(22-11-14-25(2)12-7-15-27-3)23-17-18-8-5-9-19(16-18)26-13-6-10-24-26;/h5-6,8-10,13,16H,4,7,11-12,14-15,17H2,1-3H3,(H2,21,22,23);1H. The molecule has 0 saturated carbocycles. The van der Waals surface area contributed by atoms with Crippen LogP contribution in [0.5, 0.6) is 0 Å². The third kappa shape index (κ3) is 9.03. The molecule has 0 saturated heterocycles. The molecular weight excluding hydrogens is 467 g/mol. The van der Waals surface area contributed by atoms with Crippen LogP contribution in [0, 0.1) is 0 Å². The molecule has 0 aliphatic heterocycles. The van der Waals surface area contributed by atoms with Gasteiger partial charge in [0, 0.05) is 52.3 Å². The van der Waals surface area contributed by atoms with Crippen LogP contribution < -0.4 is 10.6 Å². The Balaban J connectivity index is 0.00000392. The smallest absolute Gasteiger partial charge is 0.191 e. The predicted octanol–water partition coefficient (Wildman–Crippen LogP) is 2.51. The van der Waals surface area contributed by atoms with Crippen molar-refractivity contribution in [2.24, 2.45) is 4.99 Å². The molecule has 1 aromatic heterocycles. The highest BCUT2D eigenvalue weighted by Gasteiger charge is 2.02. The second-order valence-electron chi connectivity index (χ2n) is 6.39. The third-order valence-corrected chi connectivity index (χ3v) is 4.12. The summed E-state index contributed by atoms with van der Waals surface area (Å²) in [4.78, 5) is 7.00. The Morgan fingerprint density at radius 3 is 2.82 bits per heavy atom. The van der Waals surface area contributed by atoms with Crippen LogP contribution in [0.4, 0.5) is 0 Å². The maximum atomic E-state index is 5.10. The van der Waals surface area contributed by atoms with Crippen molar-refractivity contribution in [3.05, 3.63) is 48.3 Å². The molecule has 28 heavy (non-hydrogen) atoms. The Labute approximate surface area is 185 Å². The molecule has 0 aliphatic rings. The number of methoxy groups -OCH3 is 1. The van der Waals surface area contributed by atoms with Crippen LogP contribution in [0.2, 0.25) is 0 Å². The van der Waals surface area contributed by atoms with E-state index in [1.165, 1.54) is 0 Å². The fourth-order valence-electron chi connectivity index (χ4n) is 2.69. The highest BCUT2D eigenvalue weighted by Crippen LogP contribution is 2.10. The number of ether oxygens (including phenoxy) is 1. The van der Waals surface area contributed by atoms with E-state index in [2.05, 4.69) is 46.7 Å². The lowest BCUT2D eigenvalue weighted by Crippen LogP contribution is -2.41. The van der Waals surface area contributed by atoms with Gasteiger partial charge >= 0.3 is 0 Å². The monoisotopic (exact) mass is 500 g/mol. The topological polar surface area (TPSA) is 66.7 Å². The number of aromatic nitrogens is 2. The lowest BCUT2D eigenvalue weighted by Gasteiger charge is -2.18. The summed E-state index contributed by atoms with van der Waals surface area (Å²) in [5, 5.41) is 11.0. The van der Waals surface area contributed by atoms with Crippen molar-refractivity contribution in [2.75, 3.05) is 46.9 Å². The summed E-state index contributed by atoms with van der Waals surface area (Å²) in [6, 6.07) is 10.2. The summed E-state index contributed by atoms with van der Waals surface area (Å²) >= 11 is 0. The van der Waals surface area contributed by atoms with Crippen LogP contribution in [-0.4, -0.2) is 67.6 Å². The van der Waals surface area contributed by atoms with Crippen LogP contribution in [0.3, 0.4) is 0 Å². The van der Waals surface area contributed by atoms with Crippen molar-refractivity contribution < 1.29 is 4.74 Å². The van der Waals surface area contributed by atoms with Crippen LogP contribution in [0.1, 0.15) is 18.9 Å². The van der Waals surface area contributed by atoms with E-state index in [0.29, 0.717) is 6.54 Å². The molecule has 0 bridgehead atoms. The van der Waals surface area contributed by atoms with Gasteiger partial charge in [0.1, 0.15) is 0 Å². The maximum absolute atomic E-state index is 5.10. The molecule has 156 valence electrons. The molecule has 0 amide bonds. The fraction of sp³-hybridized carbons (Fsp3) is 0.500. The largest absolute Gasteiger partial charge is 0.385 e. The van der Waals surface area contributed by atoms with Gasteiger partial charge in [-0.25, -0.2) is 9.67 Å². The first-order valence-electron chi connectivity index (χ1n) is 9.51. The number of nitrogens with zero attached hydrogens (tertiary/aromatic N) is 4. The van der Waals surface area contributed by atoms with Crippen molar-refractivity contribution in [1.82, 2.24) is 25.3 Å². The van der Waals surface area contributed by atoms with E-state index in [1.807, 2.05) is 29.1 Å². The molecule has 7 nitrogen and oxygen atoms in total. The Morgan fingerprint density at radius 1 is 1.25 bits per heavy atom. The van der Waals surface area contributed by atoms with Gasteiger partial charge in [-0.05, 0) is 44.2 Å². The molecule has 0 atom stereocenters. The van der Waals surface area contributed by atoms with Crippen LogP contribution >= 0.6 is 24.0 Å². The molecule has 0 spiro atoms. The Morgan fingerprint density at radius 2 is 2.11 bits per heavy atom. The first kappa shape index (κ1) is 24.4. The zero-order chi connectivity index (χ0) is 19.3. The number of hydrogen-bond donors (Lipinski definition) is 2. The normalized spacial score (nSPS) is 11.4. The molecule has 0 radical (unpaired) electrons. The highest BCUT2D eigenvalue weighted by atomic mass is 127. The van der Waals surface area contributed by atoms with E-state index in [0.717, 1.165) is 56.4 Å². The molecule has 2 rings (SSSR count). The number of halogens is 1. The second-order valence-corrected chi connectivity index (χ2v) is 6.39.